The summed E-state index contributed by atoms with van der Waals surface area (Å²) in [5.74, 6) is -0.0161. The van der Waals surface area contributed by atoms with E-state index in [-0.39, 0.29) is 11.6 Å². The number of nitrogens with one attached hydrogen (secondary N) is 1. The number of hydrogen-bond acceptors (Lipinski definition) is 5. The molecule has 1 N–H and O–H groups in total. The molecule has 1 heterocycles. The van der Waals surface area contributed by atoms with Crippen molar-refractivity contribution < 1.29 is 9.72 Å². The molecule has 0 aromatic heterocycles. The quantitative estimate of drug-likeness (QED) is 0.657. The summed E-state index contributed by atoms with van der Waals surface area (Å²) in [6.07, 6.45) is 0. The Morgan fingerprint density at radius 3 is 2.71 bits per heavy atom. The van der Waals surface area contributed by atoms with Gasteiger partial charge in [0.05, 0.1) is 11.5 Å². The fourth-order valence-corrected chi connectivity index (χ4v) is 2.34. The van der Waals surface area contributed by atoms with Crippen LogP contribution in [-0.2, 0) is 4.79 Å². The number of likely N-dealkylation sites (N-methyl/N-ethyl adjacent to an activating group) is 1. The first-order valence-corrected chi connectivity index (χ1v) is 6.95. The van der Waals surface area contributed by atoms with Crippen LogP contribution in [0, 0.1) is 10.1 Å². The van der Waals surface area contributed by atoms with Gasteiger partial charge >= 0.3 is 0 Å². The number of nitrogens with zero attached hydrogens (tertiary/aromatic N) is 3. The van der Waals surface area contributed by atoms with Crippen LogP contribution in [-0.4, -0.2) is 55.0 Å². The molecule has 114 valence electrons. The molecule has 1 amide bonds. The molecular formula is C14H20N4O3. The van der Waals surface area contributed by atoms with Gasteiger partial charge in [-0.15, -0.1) is 0 Å². The van der Waals surface area contributed by atoms with Crippen LogP contribution in [0.25, 0.3) is 0 Å². The van der Waals surface area contributed by atoms with Crippen molar-refractivity contribution in [3.8, 4) is 0 Å². The highest BCUT2D eigenvalue weighted by molar-refractivity contribution is 5.94. The number of hydrogen-bond donors (Lipinski definition) is 1. The maximum Gasteiger partial charge on any atom is 0.269 e. The third-order valence-electron chi connectivity index (χ3n) is 3.80. The van der Waals surface area contributed by atoms with Gasteiger partial charge in [0.25, 0.3) is 5.69 Å². The van der Waals surface area contributed by atoms with Gasteiger partial charge in [0.15, 0.2) is 0 Å². The van der Waals surface area contributed by atoms with Crippen molar-refractivity contribution in [3.63, 3.8) is 0 Å². The highest BCUT2D eigenvalue weighted by Crippen LogP contribution is 2.18. The van der Waals surface area contributed by atoms with E-state index in [9.17, 15) is 14.9 Å². The van der Waals surface area contributed by atoms with Gasteiger partial charge in [-0.3, -0.25) is 19.8 Å². The lowest BCUT2D eigenvalue weighted by Crippen LogP contribution is -2.52. The lowest BCUT2D eigenvalue weighted by Gasteiger charge is -2.34. The summed E-state index contributed by atoms with van der Waals surface area (Å²) in [6.45, 7) is 5.07. The molecule has 1 aliphatic heterocycles. The Labute approximate surface area is 123 Å². The molecule has 1 saturated heterocycles. The standard InChI is InChI=1S/C14H20N4O3/c1-11-9-15-7-8-17(11)10-14(19)16(2)12-3-5-13(6-4-12)18(20)21/h3-6,11,15H,7-10H2,1-2H3/t11-/m0/s1. The van der Waals surface area contributed by atoms with Gasteiger partial charge in [0.1, 0.15) is 0 Å². The van der Waals surface area contributed by atoms with Gasteiger partial charge in [-0.25, -0.2) is 0 Å². The average Bonchev–Trinajstić information content (AvgIpc) is 2.49. The Kier molecular flexibility index (Phi) is 4.87. The van der Waals surface area contributed by atoms with E-state index in [2.05, 4.69) is 17.1 Å². The molecule has 2 rings (SSSR count). The number of non-ortho nitro benzene ring substituents is 1. The Morgan fingerprint density at radius 1 is 1.48 bits per heavy atom. The zero-order chi connectivity index (χ0) is 15.4. The number of benzene rings is 1. The zero-order valence-corrected chi connectivity index (χ0v) is 12.3. The first-order valence-electron chi connectivity index (χ1n) is 6.95. The van der Waals surface area contributed by atoms with Crippen LogP contribution in [0.4, 0.5) is 11.4 Å². The summed E-state index contributed by atoms with van der Waals surface area (Å²) in [6, 6.07) is 6.33. The second-order valence-electron chi connectivity index (χ2n) is 5.25. The van der Waals surface area contributed by atoms with Gasteiger partial charge in [0.2, 0.25) is 5.91 Å². The first-order chi connectivity index (χ1) is 9.99. The van der Waals surface area contributed by atoms with Crippen LogP contribution in [0.1, 0.15) is 6.92 Å². The van der Waals surface area contributed by atoms with Crippen LogP contribution in [0.3, 0.4) is 0 Å². The second-order valence-corrected chi connectivity index (χ2v) is 5.25. The molecule has 1 atom stereocenters. The molecule has 1 aromatic carbocycles. The van der Waals surface area contributed by atoms with Crippen molar-refractivity contribution in [3.05, 3.63) is 34.4 Å². The van der Waals surface area contributed by atoms with Gasteiger partial charge in [-0.05, 0) is 19.1 Å². The zero-order valence-electron chi connectivity index (χ0n) is 12.3. The molecular weight excluding hydrogens is 272 g/mol. The topological polar surface area (TPSA) is 78.7 Å². The molecule has 1 fully saturated rings. The highest BCUT2D eigenvalue weighted by atomic mass is 16.6. The minimum absolute atomic E-state index is 0.0161. The Balaban J connectivity index is 1.99. The van der Waals surface area contributed by atoms with E-state index in [0.29, 0.717) is 18.3 Å². The minimum Gasteiger partial charge on any atom is -0.314 e. The molecule has 7 nitrogen and oxygen atoms in total. The highest BCUT2D eigenvalue weighted by Gasteiger charge is 2.22. The van der Waals surface area contributed by atoms with E-state index < -0.39 is 4.92 Å². The fraction of sp³-hybridized carbons (Fsp3) is 0.500. The number of nitro benzene ring substituents is 1. The molecule has 0 radical (unpaired) electrons. The normalized spacial score (nSPS) is 19.2. The lowest BCUT2D eigenvalue weighted by molar-refractivity contribution is -0.384. The third kappa shape index (κ3) is 3.77. The van der Waals surface area contributed by atoms with Gasteiger partial charge in [-0.2, -0.15) is 0 Å². The largest absolute Gasteiger partial charge is 0.314 e. The monoisotopic (exact) mass is 292 g/mol. The predicted molar refractivity (Wildman–Crippen MR) is 80.4 cm³/mol. The Morgan fingerprint density at radius 2 is 2.14 bits per heavy atom. The van der Waals surface area contributed by atoms with Crippen molar-refractivity contribution in [2.75, 3.05) is 38.1 Å². The molecule has 0 saturated carbocycles. The number of anilines is 1. The van der Waals surface area contributed by atoms with Crippen molar-refractivity contribution in [2.24, 2.45) is 0 Å². The second kappa shape index (κ2) is 6.64. The van der Waals surface area contributed by atoms with Crippen molar-refractivity contribution in [1.29, 1.82) is 0 Å². The molecule has 7 heteroatoms. The van der Waals surface area contributed by atoms with Crippen LogP contribution in [0.5, 0.6) is 0 Å². The number of piperazine rings is 1. The molecule has 21 heavy (non-hydrogen) atoms. The van der Waals surface area contributed by atoms with Gasteiger partial charge < -0.3 is 10.2 Å². The molecule has 0 bridgehead atoms. The summed E-state index contributed by atoms with van der Waals surface area (Å²) in [4.78, 5) is 26.2. The summed E-state index contributed by atoms with van der Waals surface area (Å²) < 4.78 is 0. The Bertz CT molecular complexity index is 517. The maximum atomic E-state index is 12.3. The molecule has 1 aromatic rings. The fourth-order valence-electron chi connectivity index (χ4n) is 2.34. The summed E-state index contributed by atoms with van der Waals surface area (Å²) in [5, 5.41) is 13.9. The third-order valence-corrected chi connectivity index (χ3v) is 3.80. The summed E-state index contributed by atoms with van der Waals surface area (Å²) in [5.41, 5.74) is 0.684. The first kappa shape index (κ1) is 15.4. The summed E-state index contributed by atoms with van der Waals surface area (Å²) in [7, 11) is 1.69. The van der Waals surface area contributed by atoms with Crippen molar-refractivity contribution in [2.45, 2.75) is 13.0 Å². The molecule has 1 aliphatic rings. The minimum atomic E-state index is -0.450. The van der Waals surface area contributed by atoms with E-state index in [1.165, 1.54) is 12.1 Å². The van der Waals surface area contributed by atoms with Crippen molar-refractivity contribution in [1.82, 2.24) is 10.2 Å². The number of carbonyl (C=O) groups excluding carboxylic acids is 1. The van der Waals surface area contributed by atoms with Gasteiger partial charge in [0, 0.05) is 50.5 Å². The SMILES string of the molecule is C[C@H]1CNCCN1CC(=O)N(C)c1ccc([N+](=O)[O-])cc1. The van der Waals surface area contributed by atoms with E-state index in [1.807, 2.05) is 0 Å². The predicted octanol–water partition coefficient (Wildman–Crippen LogP) is 0.851. The number of carbonyl (C=O) groups is 1. The smallest absolute Gasteiger partial charge is 0.269 e. The van der Waals surface area contributed by atoms with E-state index >= 15 is 0 Å². The van der Waals surface area contributed by atoms with Crippen LogP contribution < -0.4 is 10.2 Å². The van der Waals surface area contributed by atoms with E-state index in [1.54, 1.807) is 24.1 Å². The molecule has 0 unspecified atom stereocenters. The lowest BCUT2D eigenvalue weighted by atomic mass is 10.2. The number of nitro groups is 1. The van der Waals surface area contributed by atoms with E-state index in [0.717, 1.165) is 19.6 Å². The Hall–Kier alpha value is -1.99. The van der Waals surface area contributed by atoms with Crippen LogP contribution >= 0.6 is 0 Å². The number of rotatable bonds is 4. The van der Waals surface area contributed by atoms with Gasteiger partial charge in [-0.1, -0.05) is 0 Å². The van der Waals surface area contributed by atoms with Crippen molar-refractivity contribution >= 4 is 17.3 Å². The molecule has 0 spiro atoms. The number of amides is 1. The summed E-state index contributed by atoms with van der Waals surface area (Å²) >= 11 is 0. The average molecular weight is 292 g/mol. The van der Waals surface area contributed by atoms with Crippen LogP contribution in [0.2, 0.25) is 0 Å². The van der Waals surface area contributed by atoms with E-state index in [4.69, 9.17) is 0 Å². The maximum absolute atomic E-state index is 12.3. The van der Waals surface area contributed by atoms with Crippen LogP contribution in [0.15, 0.2) is 24.3 Å². The molecule has 0 aliphatic carbocycles.